The lowest BCUT2D eigenvalue weighted by Crippen LogP contribution is -2.24. The number of hydrogen-bond acceptors (Lipinski definition) is 4. The molecule has 0 aliphatic heterocycles. The topological polar surface area (TPSA) is 83.6 Å². The normalized spacial score (nSPS) is 11.6. The van der Waals surface area contributed by atoms with E-state index >= 15 is 0 Å². The van der Waals surface area contributed by atoms with Crippen LogP contribution >= 0.6 is 11.6 Å². The van der Waals surface area contributed by atoms with Gasteiger partial charge < -0.3 is 5.32 Å². The van der Waals surface area contributed by atoms with Crippen LogP contribution in [0.3, 0.4) is 0 Å². The van der Waals surface area contributed by atoms with Crippen molar-refractivity contribution in [1.82, 2.24) is 14.8 Å². The molecule has 0 spiro atoms. The van der Waals surface area contributed by atoms with Gasteiger partial charge in [0.15, 0.2) is 0 Å². The van der Waals surface area contributed by atoms with Crippen molar-refractivity contribution < 1.29 is 4.79 Å². The van der Waals surface area contributed by atoms with Crippen molar-refractivity contribution in [1.29, 1.82) is 5.26 Å². The Morgan fingerprint density at radius 1 is 1.58 bits per heavy atom. The quantitative estimate of drug-likeness (QED) is 0.928. The molecule has 0 saturated heterocycles. The zero-order chi connectivity index (χ0) is 13.8. The van der Waals surface area contributed by atoms with E-state index in [0.717, 1.165) is 0 Å². The van der Waals surface area contributed by atoms with E-state index < -0.39 is 6.04 Å². The first-order valence-electron chi connectivity index (χ1n) is 5.46. The summed E-state index contributed by atoms with van der Waals surface area (Å²) in [4.78, 5) is 15.8. The summed E-state index contributed by atoms with van der Waals surface area (Å²) in [5.74, 6) is -0.267. The molecule has 1 N–H and O–H groups in total. The van der Waals surface area contributed by atoms with Crippen molar-refractivity contribution in [2.24, 2.45) is 0 Å². The summed E-state index contributed by atoms with van der Waals surface area (Å²) in [7, 11) is 0. The van der Waals surface area contributed by atoms with Crippen LogP contribution in [-0.2, 0) is 4.79 Å². The molecule has 96 valence electrons. The van der Waals surface area contributed by atoms with Gasteiger partial charge in [0.05, 0.1) is 22.3 Å². The first-order valence-corrected chi connectivity index (χ1v) is 5.84. The third-order valence-electron chi connectivity index (χ3n) is 2.57. The van der Waals surface area contributed by atoms with Crippen LogP contribution in [0.25, 0.3) is 0 Å². The number of hydrogen-bond donors (Lipinski definition) is 1. The average Bonchev–Trinajstić information content (AvgIpc) is 2.94. The molecule has 1 aromatic heterocycles. The van der Waals surface area contributed by atoms with Gasteiger partial charge in [0.25, 0.3) is 0 Å². The maximum Gasteiger partial charge on any atom is 0.249 e. The maximum absolute atomic E-state index is 12.0. The molecule has 0 radical (unpaired) electrons. The number of aromatic nitrogens is 3. The second kappa shape index (κ2) is 5.50. The summed E-state index contributed by atoms with van der Waals surface area (Å²) >= 11 is 5.98. The van der Waals surface area contributed by atoms with Crippen LogP contribution in [-0.4, -0.2) is 20.7 Å². The van der Waals surface area contributed by atoms with Gasteiger partial charge in [-0.05, 0) is 25.1 Å². The number of nitriles is 1. The highest BCUT2D eigenvalue weighted by Crippen LogP contribution is 2.23. The summed E-state index contributed by atoms with van der Waals surface area (Å²) in [5, 5.41) is 15.6. The Labute approximate surface area is 114 Å². The summed E-state index contributed by atoms with van der Waals surface area (Å²) in [6.07, 6.45) is 2.82. The van der Waals surface area contributed by atoms with Gasteiger partial charge >= 0.3 is 0 Å². The second-order valence-electron chi connectivity index (χ2n) is 3.85. The van der Waals surface area contributed by atoms with Gasteiger partial charge in [-0.2, -0.15) is 10.4 Å². The fourth-order valence-corrected chi connectivity index (χ4v) is 1.69. The minimum atomic E-state index is -0.505. The van der Waals surface area contributed by atoms with Gasteiger partial charge in [0, 0.05) is 0 Å². The number of halogens is 1. The molecular weight excluding hydrogens is 266 g/mol. The molecular formula is C12H10ClN5O. The third-order valence-corrected chi connectivity index (χ3v) is 2.88. The van der Waals surface area contributed by atoms with Crippen molar-refractivity contribution >= 4 is 23.2 Å². The van der Waals surface area contributed by atoms with E-state index in [1.165, 1.54) is 23.4 Å². The van der Waals surface area contributed by atoms with Gasteiger partial charge in [-0.1, -0.05) is 11.6 Å². The van der Waals surface area contributed by atoms with Crippen molar-refractivity contribution in [3.8, 4) is 6.07 Å². The summed E-state index contributed by atoms with van der Waals surface area (Å²) in [5.41, 5.74) is 0.893. The molecule has 0 saturated carbocycles. The zero-order valence-corrected chi connectivity index (χ0v) is 10.8. The van der Waals surface area contributed by atoms with E-state index in [9.17, 15) is 4.79 Å². The van der Waals surface area contributed by atoms with Crippen LogP contribution in [0.15, 0.2) is 30.9 Å². The van der Waals surface area contributed by atoms with Crippen molar-refractivity contribution in [2.75, 3.05) is 5.32 Å². The van der Waals surface area contributed by atoms with Gasteiger partial charge in [-0.15, -0.1) is 0 Å². The van der Waals surface area contributed by atoms with E-state index in [0.29, 0.717) is 16.3 Å². The molecule has 1 amide bonds. The number of rotatable bonds is 3. The third kappa shape index (κ3) is 2.89. The molecule has 7 heteroatoms. The Bertz CT molecular complexity index is 632. The molecule has 2 rings (SSSR count). The molecule has 1 unspecified atom stereocenters. The molecule has 0 fully saturated rings. The monoisotopic (exact) mass is 275 g/mol. The van der Waals surface area contributed by atoms with E-state index in [4.69, 9.17) is 16.9 Å². The number of amides is 1. The van der Waals surface area contributed by atoms with Crippen molar-refractivity contribution in [2.45, 2.75) is 13.0 Å². The molecule has 0 aliphatic carbocycles. The standard InChI is InChI=1S/C12H10ClN5O/c1-8(18-7-15-6-16-18)12(19)17-11-3-2-9(5-14)4-10(11)13/h2-4,6-8H,1H3,(H,17,19). The van der Waals surface area contributed by atoms with Crippen molar-refractivity contribution in [3.05, 3.63) is 41.4 Å². The summed E-state index contributed by atoms with van der Waals surface area (Å²) < 4.78 is 1.44. The number of benzene rings is 1. The molecule has 1 aromatic carbocycles. The first kappa shape index (κ1) is 13.1. The maximum atomic E-state index is 12.0. The van der Waals surface area contributed by atoms with E-state index in [1.807, 2.05) is 6.07 Å². The Morgan fingerprint density at radius 3 is 2.95 bits per heavy atom. The Kier molecular flexibility index (Phi) is 3.78. The number of carbonyl (C=O) groups is 1. The minimum Gasteiger partial charge on any atom is -0.323 e. The second-order valence-corrected chi connectivity index (χ2v) is 4.25. The molecule has 6 nitrogen and oxygen atoms in total. The van der Waals surface area contributed by atoms with Gasteiger partial charge in [-0.3, -0.25) is 4.79 Å². The lowest BCUT2D eigenvalue weighted by atomic mass is 10.2. The molecule has 1 atom stereocenters. The van der Waals surface area contributed by atoms with Gasteiger partial charge in [0.2, 0.25) is 5.91 Å². The lowest BCUT2D eigenvalue weighted by molar-refractivity contribution is -0.119. The van der Waals surface area contributed by atoms with Gasteiger partial charge in [0.1, 0.15) is 18.7 Å². The van der Waals surface area contributed by atoms with E-state index in [1.54, 1.807) is 19.1 Å². The predicted molar refractivity (Wildman–Crippen MR) is 69.5 cm³/mol. The fraction of sp³-hybridized carbons (Fsp3) is 0.167. The van der Waals surface area contributed by atoms with Crippen LogP contribution in [0, 0.1) is 11.3 Å². The smallest absolute Gasteiger partial charge is 0.249 e. The molecule has 0 bridgehead atoms. The lowest BCUT2D eigenvalue weighted by Gasteiger charge is -2.13. The minimum absolute atomic E-state index is 0.267. The Balaban J connectivity index is 2.13. The Hall–Kier alpha value is -2.39. The van der Waals surface area contributed by atoms with E-state index in [2.05, 4.69) is 15.4 Å². The summed E-state index contributed by atoms with van der Waals surface area (Å²) in [6.45, 7) is 1.70. The van der Waals surface area contributed by atoms with Crippen molar-refractivity contribution in [3.63, 3.8) is 0 Å². The van der Waals surface area contributed by atoms with Crippen LogP contribution in [0.5, 0.6) is 0 Å². The number of nitrogens with zero attached hydrogens (tertiary/aromatic N) is 4. The molecule has 1 heterocycles. The number of nitrogens with one attached hydrogen (secondary N) is 1. The fourth-order valence-electron chi connectivity index (χ4n) is 1.46. The average molecular weight is 276 g/mol. The first-order chi connectivity index (χ1) is 9.11. The number of anilines is 1. The highest BCUT2D eigenvalue weighted by atomic mass is 35.5. The largest absolute Gasteiger partial charge is 0.323 e. The SMILES string of the molecule is CC(C(=O)Nc1ccc(C#N)cc1Cl)n1cncn1. The van der Waals surface area contributed by atoms with Gasteiger partial charge in [-0.25, -0.2) is 9.67 Å². The molecule has 2 aromatic rings. The number of carbonyl (C=O) groups excluding carboxylic acids is 1. The molecule has 19 heavy (non-hydrogen) atoms. The van der Waals surface area contributed by atoms with Crippen LogP contribution in [0.2, 0.25) is 5.02 Å². The van der Waals surface area contributed by atoms with E-state index in [-0.39, 0.29) is 5.91 Å². The van der Waals surface area contributed by atoms with Crippen LogP contribution in [0.4, 0.5) is 5.69 Å². The highest BCUT2D eigenvalue weighted by molar-refractivity contribution is 6.33. The Morgan fingerprint density at radius 2 is 2.37 bits per heavy atom. The predicted octanol–water partition coefficient (Wildman–Crippen LogP) is 2.00. The summed E-state index contributed by atoms with van der Waals surface area (Å²) in [6, 6.07) is 6.14. The highest BCUT2D eigenvalue weighted by Gasteiger charge is 2.16. The van der Waals surface area contributed by atoms with Crippen LogP contribution < -0.4 is 5.32 Å². The van der Waals surface area contributed by atoms with Crippen LogP contribution in [0.1, 0.15) is 18.5 Å². The zero-order valence-electron chi connectivity index (χ0n) is 10.0. The molecule has 0 aliphatic rings.